The lowest BCUT2D eigenvalue weighted by Crippen LogP contribution is -2.24. The van der Waals surface area contributed by atoms with Gasteiger partial charge in [-0.15, -0.1) is 11.3 Å². The van der Waals surface area contributed by atoms with Gasteiger partial charge in [-0.05, 0) is 81.5 Å². The Morgan fingerprint density at radius 1 is 1.16 bits per heavy atom. The van der Waals surface area contributed by atoms with Gasteiger partial charge in [-0.2, -0.15) is 5.10 Å². The van der Waals surface area contributed by atoms with Gasteiger partial charge in [0.1, 0.15) is 10.6 Å². The summed E-state index contributed by atoms with van der Waals surface area (Å²) in [7, 11) is 0. The van der Waals surface area contributed by atoms with Gasteiger partial charge in [-0.25, -0.2) is 10.4 Å². The molecule has 3 aromatic heterocycles. The highest BCUT2D eigenvalue weighted by Gasteiger charge is 2.23. The molecule has 4 aromatic rings. The summed E-state index contributed by atoms with van der Waals surface area (Å²) in [6.07, 6.45) is 7.45. The van der Waals surface area contributed by atoms with Crippen molar-refractivity contribution in [1.29, 1.82) is 0 Å². The van der Waals surface area contributed by atoms with E-state index in [9.17, 15) is 9.59 Å². The summed E-state index contributed by atoms with van der Waals surface area (Å²) >= 11 is 2.82. The fourth-order valence-corrected chi connectivity index (χ4v) is 6.44. The van der Waals surface area contributed by atoms with Crippen LogP contribution in [-0.4, -0.2) is 38.5 Å². The summed E-state index contributed by atoms with van der Waals surface area (Å²) < 4.78 is 7.19. The SMILES string of the molecule is CCOc1ccc(-n2c(SCC(=O)NN=C(C)c3ccncc3)nc3sc4c(c3c2=O)CCCC4)cc1. The van der Waals surface area contributed by atoms with Crippen LogP contribution in [0.15, 0.2) is 63.8 Å². The Morgan fingerprint density at radius 2 is 1.92 bits per heavy atom. The van der Waals surface area contributed by atoms with E-state index in [1.165, 1.54) is 16.6 Å². The van der Waals surface area contributed by atoms with Crippen molar-refractivity contribution in [2.24, 2.45) is 5.10 Å². The second-order valence-electron chi connectivity index (χ2n) is 8.61. The molecule has 0 aliphatic heterocycles. The van der Waals surface area contributed by atoms with Crippen molar-refractivity contribution in [2.45, 2.75) is 44.7 Å². The van der Waals surface area contributed by atoms with Gasteiger partial charge in [0.05, 0.1) is 29.1 Å². The number of benzene rings is 1. The zero-order valence-electron chi connectivity index (χ0n) is 20.7. The van der Waals surface area contributed by atoms with Gasteiger partial charge in [0.25, 0.3) is 11.5 Å². The number of aryl methyl sites for hydroxylation is 2. The molecular weight excluding hydrogens is 506 g/mol. The second kappa shape index (κ2) is 11.3. The van der Waals surface area contributed by atoms with Crippen LogP contribution >= 0.6 is 23.1 Å². The fourth-order valence-electron chi connectivity index (χ4n) is 4.34. The van der Waals surface area contributed by atoms with E-state index in [2.05, 4.69) is 15.5 Å². The first kappa shape index (κ1) is 25.2. The molecule has 0 spiro atoms. The number of thiophene rings is 1. The predicted molar refractivity (Wildman–Crippen MR) is 148 cm³/mol. The number of pyridine rings is 1. The van der Waals surface area contributed by atoms with E-state index < -0.39 is 0 Å². The number of hydrogen-bond donors (Lipinski definition) is 1. The summed E-state index contributed by atoms with van der Waals surface area (Å²) in [6.45, 7) is 4.31. The quantitative estimate of drug-likeness (QED) is 0.152. The summed E-state index contributed by atoms with van der Waals surface area (Å²) in [5.41, 5.74) is 5.89. The van der Waals surface area contributed by atoms with Crippen LogP contribution < -0.4 is 15.7 Å². The maximum absolute atomic E-state index is 13.9. The van der Waals surface area contributed by atoms with Crippen LogP contribution in [0, 0.1) is 0 Å². The molecule has 1 aliphatic carbocycles. The maximum Gasteiger partial charge on any atom is 0.267 e. The summed E-state index contributed by atoms with van der Waals surface area (Å²) in [6, 6.07) is 11.0. The Balaban J connectivity index is 1.45. The molecule has 1 aliphatic rings. The molecule has 0 saturated carbocycles. The minimum absolute atomic E-state index is 0.0627. The Bertz CT molecular complexity index is 1510. The monoisotopic (exact) mass is 533 g/mol. The first-order valence-corrected chi connectivity index (χ1v) is 14.0. The van der Waals surface area contributed by atoms with E-state index in [0.717, 1.165) is 47.4 Å². The number of hydrogen-bond acceptors (Lipinski definition) is 8. The average Bonchev–Trinajstić information content (AvgIpc) is 3.30. The van der Waals surface area contributed by atoms with E-state index in [4.69, 9.17) is 9.72 Å². The molecule has 1 N–H and O–H groups in total. The number of amides is 1. The van der Waals surface area contributed by atoms with E-state index in [-0.39, 0.29) is 17.2 Å². The molecule has 0 fully saturated rings. The van der Waals surface area contributed by atoms with Crippen molar-refractivity contribution in [3.63, 3.8) is 0 Å². The Kier molecular flexibility index (Phi) is 7.66. The van der Waals surface area contributed by atoms with Gasteiger partial charge in [-0.3, -0.25) is 19.1 Å². The smallest absolute Gasteiger partial charge is 0.267 e. The van der Waals surface area contributed by atoms with Crippen molar-refractivity contribution >= 4 is 44.9 Å². The molecule has 0 saturated heterocycles. The minimum Gasteiger partial charge on any atom is -0.494 e. The number of aromatic nitrogens is 3. The zero-order valence-corrected chi connectivity index (χ0v) is 22.3. The fraction of sp³-hybridized carbons (Fsp3) is 0.296. The first-order chi connectivity index (χ1) is 18.0. The van der Waals surface area contributed by atoms with Crippen LogP contribution in [0.25, 0.3) is 15.9 Å². The highest BCUT2D eigenvalue weighted by molar-refractivity contribution is 7.99. The molecule has 0 bridgehead atoms. The Morgan fingerprint density at radius 3 is 2.68 bits per heavy atom. The van der Waals surface area contributed by atoms with Crippen molar-refractivity contribution in [2.75, 3.05) is 12.4 Å². The molecule has 0 unspecified atom stereocenters. The highest BCUT2D eigenvalue weighted by Crippen LogP contribution is 2.35. The van der Waals surface area contributed by atoms with Gasteiger partial charge in [0.2, 0.25) is 0 Å². The third-order valence-electron chi connectivity index (χ3n) is 6.14. The van der Waals surface area contributed by atoms with Crippen molar-refractivity contribution in [3.8, 4) is 11.4 Å². The lowest BCUT2D eigenvalue weighted by atomic mass is 9.97. The number of nitrogens with one attached hydrogen (secondary N) is 1. The first-order valence-electron chi connectivity index (χ1n) is 12.2. The molecule has 0 radical (unpaired) electrons. The molecule has 5 rings (SSSR count). The molecule has 0 atom stereocenters. The third-order valence-corrected chi connectivity index (χ3v) is 8.27. The van der Waals surface area contributed by atoms with Crippen molar-refractivity contribution in [1.82, 2.24) is 20.0 Å². The number of thioether (sulfide) groups is 1. The summed E-state index contributed by atoms with van der Waals surface area (Å²) in [5.74, 6) is 0.515. The standard InChI is InChI=1S/C27H27N5O3S2/c1-3-35-20-10-8-19(9-11-20)32-26(34)24-21-6-4-5-7-22(21)37-25(24)29-27(32)36-16-23(33)31-30-17(2)18-12-14-28-15-13-18/h8-15H,3-7,16H2,1-2H3,(H,31,33). The second-order valence-corrected chi connectivity index (χ2v) is 10.6. The number of carbonyl (C=O) groups is 1. The molecule has 37 heavy (non-hydrogen) atoms. The molecular formula is C27H27N5O3S2. The van der Waals surface area contributed by atoms with Crippen LogP contribution in [0.5, 0.6) is 5.75 Å². The number of carbonyl (C=O) groups excluding carboxylic acids is 1. The molecule has 10 heteroatoms. The van der Waals surface area contributed by atoms with Gasteiger partial charge < -0.3 is 4.74 Å². The summed E-state index contributed by atoms with van der Waals surface area (Å²) in [5, 5.41) is 5.39. The highest BCUT2D eigenvalue weighted by atomic mass is 32.2. The molecule has 190 valence electrons. The number of nitrogens with zero attached hydrogens (tertiary/aromatic N) is 4. The Labute approximate surface area is 222 Å². The van der Waals surface area contributed by atoms with Crippen LogP contribution in [-0.2, 0) is 17.6 Å². The molecule has 1 aromatic carbocycles. The lowest BCUT2D eigenvalue weighted by Gasteiger charge is -2.14. The van der Waals surface area contributed by atoms with E-state index in [0.29, 0.717) is 28.5 Å². The van der Waals surface area contributed by atoms with Crippen LogP contribution in [0.3, 0.4) is 0 Å². The third kappa shape index (κ3) is 5.45. The van der Waals surface area contributed by atoms with Gasteiger partial charge in [0.15, 0.2) is 5.16 Å². The number of ether oxygens (including phenoxy) is 1. The van der Waals surface area contributed by atoms with E-state index in [1.807, 2.05) is 50.2 Å². The molecule has 3 heterocycles. The minimum atomic E-state index is -0.281. The van der Waals surface area contributed by atoms with Gasteiger partial charge in [-0.1, -0.05) is 11.8 Å². The predicted octanol–water partition coefficient (Wildman–Crippen LogP) is 4.75. The van der Waals surface area contributed by atoms with Crippen molar-refractivity contribution < 1.29 is 9.53 Å². The number of hydrazone groups is 1. The average molecular weight is 534 g/mol. The molecule has 8 nitrogen and oxygen atoms in total. The topological polar surface area (TPSA) is 98.5 Å². The number of fused-ring (bicyclic) bond motifs is 3. The largest absolute Gasteiger partial charge is 0.494 e. The van der Waals surface area contributed by atoms with Crippen LogP contribution in [0.4, 0.5) is 0 Å². The van der Waals surface area contributed by atoms with Gasteiger partial charge in [0, 0.05) is 22.8 Å². The molecule has 1 amide bonds. The maximum atomic E-state index is 13.9. The van der Waals surface area contributed by atoms with Crippen LogP contribution in [0.1, 0.15) is 42.7 Å². The van der Waals surface area contributed by atoms with E-state index in [1.54, 1.807) is 28.3 Å². The number of rotatable bonds is 8. The van der Waals surface area contributed by atoms with Crippen LogP contribution in [0.2, 0.25) is 0 Å². The van der Waals surface area contributed by atoms with Gasteiger partial charge >= 0.3 is 0 Å². The summed E-state index contributed by atoms with van der Waals surface area (Å²) in [4.78, 5) is 37.4. The normalized spacial score (nSPS) is 13.4. The van der Waals surface area contributed by atoms with Crippen molar-refractivity contribution in [3.05, 3.63) is 75.1 Å². The lowest BCUT2D eigenvalue weighted by molar-refractivity contribution is -0.118. The Hall–Kier alpha value is -3.50. The zero-order chi connectivity index (χ0) is 25.8. The van der Waals surface area contributed by atoms with E-state index >= 15 is 0 Å².